The van der Waals surface area contributed by atoms with Gasteiger partial charge in [-0.15, -0.1) is 11.6 Å². The highest BCUT2D eigenvalue weighted by molar-refractivity contribution is 6.18. The van der Waals surface area contributed by atoms with E-state index in [1.807, 2.05) is 60.7 Å². The summed E-state index contributed by atoms with van der Waals surface area (Å²) in [6, 6.07) is 19.6. The Morgan fingerprint density at radius 2 is 1.41 bits per heavy atom. The number of hydrogen-bond donors (Lipinski definition) is 1. The zero-order valence-corrected chi connectivity index (χ0v) is 16.0. The highest BCUT2D eigenvalue weighted by atomic mass is 35.5. The molecule has 0 aliphatic carbocycles. The fourth-order valence-corrected chi connectivity index (χ4v) is 3.36. The topological polar surface area (TPSA) is 57.2 Å². The van der Waals surface area contributed by atoms with E-state index in [1.54, 1.807) is 7.11 Å². The second-order valence-electron chi connectivity index (χ2n) is 6.45. The molecule has 0 aromatic heterocycles. The van der Waals surface area contributed by atoms with Crippen LogP contribution in [-0.2, 0) is 32.2 Å². The average Bonchev–Trinajstić information content (AvgIpc) is 2.73. The van der Waals surface area contributed by atoms with Crippen LogP contribution >= 0.6 is 11.6 Å². The molecule has 27 heavy (non-hydrogen) atoms. The number of benzene rings is 2. The fourth-order valence-electron chi connectivity index (χ4n) is 3.11. The van der Waals surface area contributed by atoms with Crippen molar-refractivity contribution in [2.45, 2.75) is 43.9 Å². The van der Waals surface area contributed by atoms with Crippen LogP contribution in [0.25, 0.3) is 0 Å². The molecule has 1 heterocycles. The van der Waals surface area contributed by atoms with Crippen molar-refractivity contribution in [2.75, 3.05) is 13.0 Å². The lowest BCUT2D eigenvalue weighted by atomic mass is 9.99. The van der Waals surface area contributed by atoms with Crippen LogP contribution in [0.15, 0.2) is 60.7 Å². The first-order chi connectivity index (χ1) is 13.2. The van der Waals surface area contributed by atoms with Crippen molar-refractivity contribution in [2.24, 2.45) is 0 Å². The predicted molar refractivity (Wildman–Crippen MR) is 102 cm³/mol. The van der Waals surface area contributed by atoms with Gasteiger partial charge in [0.2, 0.25) is 0 Å². The second kappa shape index (κ2) is 10.2. The minimum absolute atomic E-state index is 0.137. The number of alkyl halides is 1. The monoisotopic (exact) mass is 392 g/mol. The van der Waals surface area contributed by atoms with Crippen molar-refractivity contribution in [3.05, 3.63) is 71.8 Å². The van der Waals surface area contributed by atoms with Crippen molar-refractivity contribution in [1.29, 1.82) is 0 Å². The van der Waals surface area contributed by atoms with Crippen LogP contribution in [0.4, 0.5) is 0 Å². The summed E-state index contributed by atoms with van der Waals surface area (Å²) in [6.45, 7) is 0.706. The van der Waals surface area contributed by atoms with Crippen molar-refractivity contribution in [3.8, 4) is 0 Å². The number of methoxy groups -OCH3 is 1. The smallest absolute Gasteiger partial charge is 0.186 e. The van der Waals surface area contributed by atoms with Gasteiger partial charge in [0, 0.05) is 7.11 Å². The molecule has 1 aliphatic heterocycles. The third-order valence-corrected chi connectivity index (χ3v) is 4.88. The van der Waals surface area contributed by atoms with Crippen LogP contribution in [0, 0.1) is 0 Å². The molecule has 1 N–H and O–H groups in total. The normalized spacial score (nSPS) is 28.2. The maximum Gasteiger partial charge on any atom is 0.186 e. The van der Waals surface area contributed by atoms with Crippen LogP contribution in [-0.4, -0.2) is 48.8 Å². The highest BCUT2D eigenvalue weighted by Crippen LogP contribution is 2.28. The van der Waals surface area contributed by atoms with E-state index >= 15 is 0 Å². The Labute approximate surface area is 164 Å². The first kappa shape index (κ1) is 20.3. The van der Waals surface area contributed by atoms with Gasteiger partial charge in [0.05, 0.1) is 19.1 Å². The standard InChI is InChI=1S/C21H25ClO5/c1-24-21-20(26-14-16-10-6-3-7-11-16)19(18(23)17(12-22)27-21)25-13-15-8-4-2-5-9-15/h2-11,17-21,23H,12-14H2,1H3/t17-,18+,19+,20-,21+/m1/s1. The third kappa shape index (κ3) is 5.29. The van der Waals surface area contributed by atoms with E-state index in [1.165, 1.54) is 0 Å². The van der Waals surface area contributed by atoms with Gasteiger partial charge in [-0.2, -0.15) is 0 Å². The molecule has 2 aromatic rings. The summed E-state index contributed by atoms with van der Waals surface area (Å²) in [5, 5.41) is 10.7. The van der Waals surface area contributed by atoms with Gasteiger partial charge in [-0.1, -0.05) is 60.7 Å². The zero-order valence-electron chi connectivity index (χ0n) is 15.2. The Kier molecular flexibility index (Phi) is 7.64. The van der Waals surface area contributed by atoms with Gasteiger partial charge in [-0.05, 0) is 11.1 Å². The van der Waals surface area contributed by atoms with Crippen LogP contribution in [0.1, 0.15) is 11.1 Å². The largest absolute Gasteiger partial charge is 0.388 e. The number of rotatable bonds is 8. The maximum atomic E-state index is 10.7. The second-order valence-corrected chi connectivity index (χ2v) is 6.75. The van der Waals surface area contributed by atoms with Gasteiger partial charge in [0.15, 0.2) is 6.29 Å². The summed E-state index contributed by atoms with van der Waals surface area (Å²) in [7, 11) is 1.54. The molecule has 0 bridgehead atoms. The van der Waals surface area contributed by atoms with E-state index in [0.29, 0.717) is 13.2 Å². The van der Waals surface area contributed by atoms with E-state index in [4.69, 9.17) is 30.5 Å². The molecule has 5 nitrogen and oxygen atoms in total. The Morgan fingerprint density at radius 3 is 1.89 bits per heavy atom. The Balaban J connectivity index is 1.73. The van der Waals surface area contributed by atoms with Crippen LogP contribution in [0.3, 0.4) is 0 Å². The lowest BCUT2D eigenvalue weighted by Crippen LogP contribution is -2.60. The van der Waals surface area contributed by atoms with Gasteiger partial charge in [-0.25, -0.2) is 0 Å². The van der Waals surface area contributed by atoms with Crippen molar-refractivity contribution in [1.82, 2.24) is 0 Å². The predicted octanol–water partition coefficient (Wildman–Crippen LogP) is 3.13. The van der Waals surface area contributed by atoms with Crippen LogP contribution < -0.4 is 0 Å². The molecule has 0 saturated carbocycles. The van der Waals surface area contributed by atoms with Crippen molar-refractivity contribution in [3.63, 3.8) is 0 Å². The summed E-state index contributed by atoms with van der Waals surface area (Å²) in [6.07, 6.45) is -3.40. The zero-order chi connectivity index (χ0) is 19.1. The maximum absolute atomic E-state index is 10.7. The molecule has 1 saturated heterocycles. The minimum Gasteiger partial charge on any atom is -0.388 e. The van der Waals surface area contributed by atoms with Crippen LogP contribution in [0.5, 0.6) is 0 Å². The van der Waals surface area contributed by atoms with Crippen LogP contribution in [0.2, 0.25) is 0 Å². The highest BCUT2D eigenvalue weighted by Gasteiger charge is 2.46. The van der Waals surface area contributed by atoms with Crippen molar-refractivity contribution >= 4 is 11.6 Å². The molecule has 0 radical (unpaired) electrons. The SMILES string of the molecule is CO[C@H]1O[C@H](CCl)[C@H](O)[C@H](OCc2ccccc2)[C@H]1OCc1ccccc1. The van der Waals surface area contributed by atoms with E-state index in [-0.39, 0.29) is 5.88 Å². The summed E-state index contributed by atoms with van der Waals surface area (Å²) in [4.78, 5) is 0. The van der Waals surface area contributed by atoms with Gasteiger partial charge >= 0.3 is 0 Å². The van der Waals surface area contributed by atoms with Gasteiger partial charge in [0.25, 0.3) is 0 Å². The van der Waals surface area contributed by atoms with Gasteiger partial charge in [0.1, 0.15) is 24.4 Å². The molecule has 0 unspecified atom stereocenters. The van der Waals surface area contributed by atoms with Gasteiger partial charge < -0.3 is 24.1 Å². The Bertz CT molecular complexity index is 669. The molecule has 5 atom stereocenters. The van der Waals surface area contributed by atoms with E-state index in [2.05, 4.69) is 0 Å². The third-order valence-electron chi connectivity index (χ3n) is 4.57. The molecule has 1 fully saturated rings. The molecule has 1 aliphatic rings. The number of halogens is 1. The molecule has 146 valence electrons. The van der Waals surface area contributed by atoms with Crippen molar-refractivity contribution < 1.29 is 24.1 Å². The van der Waals surface area contributed by atoms with E-state index in [9.17, 15) is 5.11 Å². The Morgan fingerprint density at radius 1 is 0.889 bits per heavy atom. The number of ether oxygens (including phenoxy) is 4. The summed E-state index contributed by atoms with van der Waals surface area (Å²) in [5.74, 6) is 0.137. The number of aliphatic hydroxyl groups is 1. The number of aliphatic hydroxyl groups excluding tert-OH is 1. The molecular formula is C21H25ClO5. The molecule has 3 rings (SSSR count). The minimum atomic E-state index is -0.918. The lowest BCUT2D eigenvalue weighted by Gasteiger charge is -2.43. The molecule has 2 aromatic carbocycles. The average molecular weight is 393 g/mol. The summed E-state index contributed by atoms with van der Waals surface area (Å²) in [5.41, 5.74) is 2.03. The first-order valence-corrected chi connectivity index (χ1v) is 9.49. The van der Waals surface area contributed by atoms with Gasteiger partial charge in [-0.3, -0.25) is 0 Å². The summed E-state index contributed by atoms with van der Waals surface area (Å²) >= 11 is 5.96. The fraction of sp³-hybridized carbons (Fsp3) is 0.429. The quantitative estimate of drug-likeness (QED) is 0.699. The molecule has 0 spiro atoms. The number of hydrogen-bond acceptors (Lipinski definition) is 5. The first-order valence-electron chi connectivity index (χ1n) is 8.96. The Hall–Kier alpha value is -1.47. The van der Waals surface area contributed by atoms with E-state index in [0.717, 1.165) is 11.1 Å². The lowest BCUT2D eigenvalue weighted by molar-refractivity contribution is -0.306. The molecule has 6 heteroatoms. The molecule has 0 amide bonds. The summed E-state index contributed by atoms with van der Waals surface area (Å²) < 4.78 is 23.3. The molecular weight excluding hydrogens is 368 g/mol. The van der Waals surface area contributed by atoms with E-state index < -0.39 is 30.7 Å².